The van der Waals surface area contributed by atoms with E-state index >= 15 is 0 Å². The number of carbonyl (C=O) groups excluding carboxylic acids is 1. The Balaban J connectivity index is 2.59. The Morgan fingerprint density at radius 1 is 1.35 bits per heavy atom. The summed E-state index contributed by atoms with van der Waals surface area (Å²) in [6, 6.07) is 4.30. The Hall–Kier alpha value is -1.89. The van der Waals surface area contributed by atoms with E-state index in [1.54, 1.807) is 19.1 Å². The number of aliphatic hydroxyl groups is 1. The molecule has 5 nitrogen and oxygen atoms in total. The van der Waals surface area contributed by atoms with Gasteiger partial charge in [0.15, 0.2) is 0 Å². The number of ether oxygens (including phenoxy) is 1. The van der Waals surface area contributed by atoms with Gasteiger partial charge in [-0.05, 0) is 24.0 Å². The topological polar surface area (TPSA) is 70.6 Å². The molecule has 1 atom stereocenters. The van der Waals surface area contributed by atoms with Crippen LogP contribution in [0, 0.1) is 12.3 Å². The van der Waals surface area contributed by atoms with E-state index in [9.17, 15) is 18.7 Å². The number of amides is 2. The number of anilines is 1. The SMILES string of the molecule is Cc1ccc(NC(=O)NCC(O)C(C)(C)C)cc1OCC(F)F. The summed E-state index contributed by atoms with van der Waals surface area (Å²) in [7, 11) is 0. The Morgan fingerprint density at radius 2 is 2.00 bits per heavy atom. The Labute approximate surface area is 135 Å². The summed E-state index contributed by atoms with van der Waals surface area (Å²) in [6.07, 6.45) is -3.25. The van der Waals surface area contributed by atoms with Crippen molar-refractivity contribution in [3.8, 4) is 5.75 Å². The van der Waals surface area contributed by atoms with Crippen molar-refractivity contribution in [2.75, 3.05) is 18.5 Å². The second-order valence-electron chi connectivity index (χ2n) is 6.40. The van der Waals surface area contributed by atoms with Gasteiger partial charge in [-0.2, -0.15) is 0 Å². The first-order valence-corrected chi connectivity index (χ1v) is 7.34. The number of halogens is 2. The van der Waals surface area contributed by atoms with Gasteiger partial charge in [-0.15, -0.1) is 0 Å². The standard InChI is InChI=1S/C16H24F2N2O3/c1-10-5-6-11(7-12(10)23-9-14(17)18)20-15(22)19-8-13(21)16(2,3)4/h5-7,13-14,21H,8-9H2,1-4H3,(H2,19,20,22). The average molecular weight is 330 g/mol. The molecule has 1 aromatic carbocycles. The zero-order chi connectivity index (χ0) is 17.6. The van der Waals surface area contributed by atoms with Crippen molar-refractivity contribution in [2.45, 2.75) is 40.2 Å². The highest BCUT2D eigenvalue weighted by Gasteiger charge is 2.22. The third-order valence-electron chi connectivity index (χ3n) is 3.27. The lowest BCUT2D eigenvalue weighted by Gasteiger charge is -2.25. The molecule has 1 unspecified atom stereocenters. The van der Waals surface area contributed by atoms with E-state index in [0.717, 1.165) is 0 Å². The molecule has 0 heterocycles. The highest BCUT2D eigenvalue weighted by atomic mass is 19.3. The van der Waals surface area contributed by atoms with E-state index in [1.807, 2.05) is 20.8 Å². The zero-order valence-corrected chi connectivity index (χ0v) is 13.8. The number of aryl methyl sites for hydroxylation is 1. The molecule has 0 aliphatic rings. The fraction of sp³-hybridized carbons (Fsp3) is 0.562. The first kappa shape index (κ1) is 19.2. The van der Waals surface area contributed by atoms with Gasteiger partial charge < -0.3 is 20.5 Å². The summed E-state index contributed by atoms with van der Waals surface area (Å²) in [6.45, 7) is 6.73. The summed E-state index contributed by atoms with van der Waals surface area (Å²) in [4.78, 5) is 11.8. The van der Waals surface area contributed by atoms with Crippen LogP contribution in [-0.2, 0) is 0 Å². The van der Waals surface area contributed by atoms with Gasteiger partial charge >= 0.3 is 6.03 Å². The van der Waals surface area contributed by atoms with E-state index in [1.165, 1.54) is 6.07 Å². The fourth-order valence-electron chi connectivity index (χ4n) is 1.66. The summed E-state index contributed by atoms with van der Waals surface area (Å²) in [5.41, 5.74) is 0.773. The van der Waals surface area contributed by atoms with E-state index in [4.69, 9.17) is 4.74 Å². The van der Waals surface area contributed by atoms with E-state index in [-0.39, 0.29) is 17.7 Å². The highest BCUT2D eigenvalue weighted by Crippen LogP contribution is 2.23. The lowest BCUT2D eigenvalue weighted by atomic mass is 9.89. The molecule has 130 valence electrons. The van der Waals surface area contributed by atoms with Gasteiger partial charge in [-0.3, -0.25) is 0 Å². The number of carbonyl (C=O) groups is 1. The summed E-state index contributed by atoms with van der Waals surface area (Å²) in [5.74, 6) is 0.290. The number of urea groups is 1. The monoisotopic (exact) mass is 330 g/mol. The van der Waals surface area contributed by atoms with Gasteiger partial charge in [0, 0.05) is 18.3 Å². The van der Waals surface area contributed by atoms with Gasteiger partial charge in [0.05, 0.1) is 6.10 Å². The fourth-order valence-corrected chi connectivity index (χ4v) is 1.66. The van der Waals surface area contributed by atoms with Crippen molar-refractivity contribution in [1.29, 1.82) is 0 Å². The maximum absolute atomic E-state index is 12.2. The minimum atomic E-state index is -2.56. The van der Waals surface area contributed by atoms with Gasteiger partial charge in [-0.1, -0.05) is 26.8 Å². The molecule has 0 radical (unpaired) electrons. The second-order valence-corrected chi connectivity index (χ2v) is 6.40. The van der Waals surface area contributed by atoms with Crippen LogP contribution in [0.2, 0.25) is 0 Å². The molecular formula is C16H24F2N2O3. The largest absolute Gasteiger partial charge is 0.487 e. The highest BCUT2D eigenvalue weighted by molar-refractivity contribution is 5.89. The van der Waals surface area contributed by atoms with Crippen LogP contribution >= 0.6 is 0 Å². The number of alkyl halides is 2. The molecule has 0 bridgehead atoms. The maximum Gasteiger partial charge on any atom is 0.319 e. The molecule has 1 rings (SSSR count). The molecular weight excluding hydrogens is 306 g/mol. The first-order valence-electron chi connectivity index (χ1n) is 7.34. The summed E-state index contributed by atoms with van der Waals surface area (Å²) >= 11 is 0. The van der Waals surface area contributed by atoms with Crippen molar-refractivity contribution >= 4 is 11.7 Å². The van der Waals surface area contributed by atoms with Crippen molar-refractivity contribution in [3.05, 3.63) is 23.8 Å². The van der Waals surface area contributed by atoms with Crippen LogP contribution in [-0.4, -0.2) is 36.8 Å². The van der Waals surface area contributed by atoms with E-state index in [0.29, 0.717) is 11.3 Å². The predicted octanol–water partition coefficient (Wildman–Crippen LogP) is 3.17. The van der Waals surface area contributed by atoms with Crippen LogP contribution in [0.15, 0.2) is 18.2 Å². The first-order chi connectivity index (χ1) is 10.6. The van der Waals surface area contributed by atoms with Crippen molar-refractivity contribution in [2.24, 2.45) is 5.41 Å². The molecule has 0 aliphatic heterocycles. The zero-order valence-electron chi connectivity index (χ0n) is 13.8. The van der Waals surface area contributed by atoms with Crippen molar-refractivity contribution in [1.82, 2.24) is 5.32 Å². The predicted molar refractivity (Wildman–Crippen MR) is 85.2 cm³/mol. The Morgan fingerprint density at radius 3 is 2.57 bits per heavy atom. The maximum atomic E-state index is 12.2. The number of hydrogen-bond acceptors (Lipinski definition) is 3. The molecule has 0 aliphatic carbocycles. The molecule has 2 amide bonds. The summed E-state index contributed by atoms with van der Waals surface area (Å²) < 4.78 is 29.4. The number of benzene rings is 1. The molecule has 0 saturated heterocycles. The minimum absolute atomic E-state index is 0.107. The van der Waals surface area contributed by atoms with E-state index < -0.39 is 25.2 Å². The third kappa shape index (κ3) is 6.81. The normalized spacial score (nSPS) is 12.9. The molecule has 0 spiro atoms. The molecule has 23 heavy (non-hydrogen) atoms. The van der Waals surface area contributed by atoms with Crippen LogP contribution in [0.3, 0.4) is 0 Å². The van der Waals surface area contributed by atoms with Crippen LogP contribution in [0.25, 0.3) is 0 Å². The van der Waals surface area contributed by atoms with Crippen LogP contribution in [0.4, 0.5) is 19.3 Å². The lowest BCUT2D eigenvalue weighted by Crippen LogP contribution is -2.40. The third-order valence-corrected chi connectivity index (χ3v) is 3.27. The minimum Gasteiger partial charge on any atom is -0.487 e. The van der Waals surface area contributed by atoms with Gasteiger partial charge in [0.2, 0.25) is 0 Å². The number of aliphatic hydroxyl groups excluding tert-OH is 1. The Bertz CT molecular complexity index is 531. The van der Waals surface area contributed by atoms with Crippen LogP contribution < -0.4 is 15.4 Å². The van der Waals surface area contributed by atoms with Crippen LogP contribution in [0.1, 0.15) is 26.3 Å². The lowest BCUT2D eigenvalue weighted by molar-refractivity contribution is 0.0654. The number of rotatable bonds is 6. The number of hydrogen-bond donors (Lipinski definition) is 3. The van der Waals surface area contributed by atoms with Crippen molar-refractivity contribution in [3.63, 3.8) is 0 Å². The molecule has 0 saturated carbocycles. The number of nitrogens with one attached hydrogen (secondary N) is 2. The molecule has 1 aromatic rings. The van der Waals surface area contributed by atoms with Gasteiger partial charge in [0.1, 0.15) is 12.4 Å². The van der Waals surface area contributed by atoms with Gasteiger partial charge in [-0.25, -0.2) is 13.6 Å². The van der Waals surface area contributed by atoms with Gasteiger partial charge in [0.25, 0.3) is 6.43 Å². The quantitative estimate of drug-likeness (QED) is 0.750. The molecule has 7 heteroatoms. The smallest absolute Gasteiger partial charge is 0.319 e. The Kier molecular flexibility index (Phi) is 6.75. The van der Waals surface area contributed by atoms with Crippen molar-refractivity contribution < 1.29 is 23.4 Å². The average Bonchev–Trinajstić information content (AvgIpc) is 2.44. The molecule has 0 fully saturated rings. The van der Waals surface area contributed by atoms with Crippen LogP contribution in [0.5, 0.6) is 5.75 Å². The summed E-state index contributed by atoms with van der Waals surface area (Å²) in [5, 5.41) is 15.0. The second kappa shape index (κ2) is 8.10. The van der Waals surface area contributed by atoms with E-state index in [2.05, 4.69) is 10.6 Å². The molecule has 0 aromatic heterocycles. The molecule has 3 N–H and O–H groups in total.